The fraction of sp³-hybridized carbons (Fsp3) is 0.346. The van der Waals surface area contributed by atoms with E-state index >= 15 is 0 Å². The highest BCUT2D eigenvalue weighted by molar-refractivity contribution is 5.89. The van der Waals surface area contributed by atoms with E-state index in [4.69, 9.17) is 9.47 Å². The van der Waals surface area contributed by atoms with Gasteiger partial charge in [0, 0.05) is 37.4 Å². The molecule has 0 bridgehead atoms. The molecule has 3 heterocycles. The maximum absolute atomic E-state index is 12.7. The van der Waals surface area contributed by atoms with E-state index in [2.05, 4.69) is 53.3 Å². The number of nitrogens with one attached hydrogen (secondary N) is 1. The number of nitrogens with zero attached hydrogens (tertiary/aromatic N) is 4. The summed E-state index contributed by atoms with van der Waals surface area (Å²) < 4.78 is 10.8. The number of hydrogen-bond donors (Lipinski definition) is 1. The molecule has 2 aliphatic rings. The fourth-order valence-electron chi connectivity index (χ4n) is 4.10. The summed E-state index contributed by atoms with van der Waals surface area (Å²) in [4.78, 5) is 16.7. The van der Waals surface area contributed by atoms with Gasteiger partial charge in [0.1, 0.15) is 0 Å². The number of amides is 2. The van der Waals surface area contributed by atoms with Crippen LogP contribution in [-0.2, 0) is 5.41 Å². The Morgan fingerprint density at radius 2 is 1.62 bits per heavy atom. The Labute approximate surface area is 199 Å². The quantitative estimate of drug-likeness (QED) is 0.620. The van der Waals surface area contributed by atoms with Gasteiger partial charge in [0.25, 0.3) is 0 Å². The molecule has 0 unspecified atom stereocenters. The van der Waals surface area contributed by atoms with Crippen molar-refractivity contribution in [3.63, 3.8) is 0 Å². The van der Waals surface area contributed by atoms with Gasteiger partial charge in [0.15, 0.2) is 17.3 Å². The average Bonchev–Trinajstić information content (AvgIpc) is 3.32. The molecule has 5 rings (SSSR count). The molecule has 2 aromatic carbocycles. The number of rotatable bonds is 3. The summed E-state index contributed by atoms with van der Waals surface area (Å²) in [6.07, 6.45) is 0. The lowest BCUT2D eigenvalue weighted by Gasteiger charge is -2.35. The average molecular weight is 460 g/mol. The van der Waals surface area contributed by atoms with Gasteiger partial charge in [-0.25, -0.2) is 4.79 Å². The third-order valence-electron chi connectivity index (χ3n) is 6.21. The second-order valence-electron chi connectivity index (χ2n) is 9.58. The Bertz CT molecular complexity index is 1160. The number of aromatic nitrogens is 2. The van der Waals surface area contributed by atoms with Crippen molar-refractivity contribution in [3.8, 4) is 22.8 Å². The van der Waals surface area contributed by atoms with Gasteiger partial charge in [0.05, 0.1) is 5.69 Å². The number of anilines is 2. The van der Waals surface area contributed by atoms with Crippen LogP contribution in [-0.4, -0.2) is 54.1 Å². The Hall–Kier alpha value is -3.81. The zero-order valence-electron chi connectivity index (χ0n) is 19.7. The van der Waals surface area contributed by atoms with E-state index in [9.17, 15) is 4.79 Å². The minimum Gasteiger partial charge on any atom is -0.454 e. The van der Waals surface area contributed by atoms with Crippen molar-refractivity contribution >= 4 is 17.5 Å². The fourth-order valence-corrected chi connectivity index (χ4v) is 4.10. The zero-order chi connectivity index (χ0) is 23.7. The van der Waals surface area contributed by atoms with Gasteiger partial charge in [0.2, 0.25) is 6.79 Å². The molecule has 1 aromatic heterocycles. The number of carbonyl (C=O) groups excluding carboxylic acids is 1. The van der Waals surface area contributed by atoms with Crippen LogP contribution < -0.4 is 19.7 Å². The molecule has 0 spiro atoms. The Kier molecular flexibility index (Phi) is 5.73. The predicted octanol–water partition coefficient (Wildman–Crippen LogP) is 4.52. The number of urea groups is 1. The van der Waals surface area contributed by atoms with E-state index in [0.717, 1.165) is 34.3 Å². The van der Waals surface area contributed by atoms with Crippen molar-refractivity contribution in [2.24, 2.45) is 0 Å². The van der Waals surface area contributed by atoms with Crippen molar-refractivity contribution in [1.82, 2.24) is 15.1 Å². The highest BCUT2D eigenvalue weighted by atomic mass is 16.7. The van der Waals surface area contributed by atoms with Crippen LogP contribution in [0.1, 0.15) is 26.3 Å². The second kappa shape index (κ2) is 8.85. The van der Waals surface area contributed by atoms with Gasteiger partial charge in [-0.15, -0.1) is 10.2 Å². The molecule has 2 amide bonds. The maximum Gasteiger partial charge on any atom is 0.321 e. The topological polar surface area (TPSA) is 79.8 Å². The van der Waals surface area contributed by atoms with Crippen LogP contribution in [0.3, 0.4) is 0 Å². The Balaban J connectivity index is 1.16. The summed E-state index contributed by atoms with van der Waals surface area (Å²) in [5.41, 5.74) is 3.85. The highest BCUT2D eigenvalue weighted by Gasteiger charge is 2.23. The van der Waals surface area contributed by atoms with E-state index in [1.54, 1.807) is 0 Å². The number of ether oxygens (including phenoxy) is 2. The SMILES string of the molecule is CC(C)(C)c1ccc(NC(=O)N2CCN(c3ccc(-c4ccc5c(c4)OCO5)nn3)CC2)cc1. The zero-order valence-corrected chi connectivity index (χ0v) is 19.7. The van der Waals surface area contributed by atoms with Crippen LogP contribution in [0, 0.1) is 0 Å². The minimum absolute atomic E-state index is 0.0765. The van der Waals surface area contributed by atoms with Crippen LogP contribution in [0.5, 0.6) is 11.5 Å². The lowest BCUT2D eigenvalue weighted by Crippen LogP contribution is -2.50. The standard InChI is InChI=1S/C26H29N5O3/c1-26(2,3)19-5-7-20(8-6-19)27-25(32)31-14-12-30(13-15-31)24-11-9-21(28-29-24)18-4-10-22-23(16-18)34-17-33-22/h4-11,16H,12-15,17H2,1-3H3,(H,27,32). The van der Waals surface area contributed by atoms with Crippen LogP contribution in [0.2, 0.25) is 0 Å². The summed E-state index contributed by atoms with van der Waals surface area (Å²) >= 11 is 0. The van der Waals surface area contributed by atoms with E-state index in [1.807, 2.05) is 47.4 Å². The number of piperazine rings is 1. The van der Waals surface area contributed by atoms with Gasteiger partial charge in [-0.05, 0) is 53.4 Å². The van der Waals surface area contributed by atoms with Crippen LogP contribution in [0.4, 0.5) is 16.3 Å². The third kappa shape index (κ3) is 4.62. The number of fused-ring (bicyclic) bond motifs is 1. The maximum atomic E-state index is 12.7. The summed E-state index contributed by atoms with van der Waals surface area (Å²) in [6, 6.07) is 17.7. The highest BCUT2D eigenvalue weighted by Crippen LogP contribution is 2.35. The first-order valence-electron chi connectivity index (χ1n) is 11.5. The van der Waals surface area contributed by atoms with Gasteiger partial charge in [-0.2, -0.15) is 0 Å². The third-order valence-corrected chi connectivity index (χ3v) is 6.21. The van der Waals surface area contributed by atoms with Crippen LogP contribution >= 0.6 is 0 Å². The first-order chi connectivity index (χ1) is 16.4. The summed E-state index contributed by atoms with van der Waals surface area (Å²) in [5.74, 6) is 2.28. The van der Waals surface area contributed by atoms with Crippen molar-refractivity contribution < 1.29 is 14.3 Å². The molecule has 0 atom stereocenters. The molecule has 8 heteroatoms. The van der Waals surface area contributed by atoms with Gasteiger partial charge in [-0.1, -0.05) is 32.9 Å². The van der Waals surface area contributed by atoms with E-state index in [0.29, 0.717) is 26.2 Å². The van der Waals surface area contributed by atoms with E-state index < -0.39 is 0 Å². The normalized spacial score (nSPS) is 15.4. The number of benzene rings is 2. The lowest BCUT2D eigenvalue weighted by molar-refractivity contribution is 0.174. The molecule has 176 valence electrons. The molecule has 2 aliphatic heterocycles. The molecule has 1 fully saturated rings. The summed E-state index contributed by atoms with van der Waals surface area (Å²) in [5, 5.41) is 11.8. The van der Waals surface area contributed by atoms with Crippen molar-refractivity contribution in [2.75, 3.05) is 43.2 Å². The first kappa shape index (κ1) is 22.0. The van der Waals surface area contributed by atoms with E-state index in [-0.39, 0.29) is 18.2 Å². The van der Waals surface area contributed by atoms with Crippen LogP contribution in [0.25, 0.3) is 11.3 Å². The molecule has 1 N–H and O–H groups in total. The molecule has 0 radical (unpaired) electrons. The molecule has 0 aliphatic carbocycles. The Morgan fingerprint density at radius 3 is 2.29 bits per heavy atom. The monoisotopic (exact) mass is 459 g/mol. The molecule has 8 nitrogen and oxygen atoms in total. The van der Waals surface area contributed by atoms with Crippen LogP contribution in [0.15, 0.2) is 54.6 Å². The molecular formula is C26H29N5O3. The molecular weight excluding hydrogens is 430 g/mol. The van der Waals surface area contributed by atoms with Gasteiger partial charge >= 0.3 is 6.03 Å². The second-order valence-corrected chi connectivity index (χ2v) is 9.58. The first-order valence-corrected chi connectivity index (χ1v) is 11.5. The van der Waals surface area contributed by atoms with Crippen molar-refractivity contribution in [2.45, 2.75) is 26.2 Å². The van der Waals surface area contributed by atoms with Crippen molar-refractivity contribution in [1.29, 1.82) is 0 Å². The molecule has 1 saturated heterocycles. The molecule has 3 aromatic rings. The van der Waals surface area contributed by atoms with E-state index in [1.165, 1.54) is 5.56 Å². The molecule has 0 saturated carbocycles. The smallest absolute Gasteiger partial charge is 0.321 e. The van der Waals surface area contributed by atoms with Gasteiger partial charge < -0.3 is 24.6 Å². The molecule has 34 heavy (non-hydrogen) atoms. The van der Waals surface area contributed by atoms with Crippen molar-refractivity contribution in [3.05, 3.63) is 60.2 Å². The largest absolute Gasteiger partial charge is 0.454 e. The predicted molar refractivity (Wildman–Crippen MR) is 132 cm³/mol. The Morgan fingerprint density at radius 1 is 0.882 bits per heavy atom. The lowest BCUT2D eigenvalue weighted by atomic mass is 9.87. The summed E-state index contributed by atoms with van der Waals surface area (Å²) in [6.45, 7) is 9.43. The minimum atomic E-state index is -0.0765. The van der Waals surface area contributed by atoms with Gasteiger partial charge in [-0.3, -0.25) is 0 Å². The number of hydrogen-bond acceptors (Lipinski definition) is 6. The number of carbonyl (C=O) groups is 1. The summed E-state index contributed by atoms with van der Waals surface area (Å²) in [7, 11) is 0.